The molecule has 0 aliphatic carbocycles. The Kier molecular flexibility index (Phi) is 5.44. The predicted molar refractivity (Wildman–Crippen MR) is 110 cm³/mol. The zero-order valence-electron chi connectivity index (χ0n) is 15.0. The normalized spacial score (nSPS) is 21.4. The third-order valence-electron chi connectivity index (χ3n) is 4.87. The van der Waals surface area contributed by atoms with Crippen LogP contribution in [0.5, 0.6) is 0 Å². The lowest BCUT2D eigenvalue weighted by Gasteiger charge is -2.48. The molecule has 2 aliphatic heterocycles. The Balaban J connectivity index is 1.68. The maximum Gasteiger partial charge on any atom is 0.356 e. The molecule has 2 heterocycles. The highest BCUT2D eigenvalue weighted by Crippen LogP contribution is 2.41. The van der Waals surface area contributed by atoms with Gasteiger partial charge in [0, 0.05) is 11.6 Å². The van der Waals surface area contributed by atoms with Crippen molar-refractivity contribution in [2.75, 3.05) is 11.6 Å². The molecule has 2 N–H and O–H groups in total. The second kappa shape index (κ2) is 7.99. The van der Waals surface area contributed by atoms with Gasteiger partial charge in [0.25, 0.3) is 0 Å². The fourth-order valence-electron chi connectivity index (χ4n) is 3.42. The monoisotopic (exact) mass is 414 g/mol. The quantitative estimate of drug-likeness (QED) is 0.462. The molecule has 4 rings (SSSR count). The number of β-lactam (4-membered cyclic amide) rings is 1. The van der Waals surface area contributed by atoms with Crippen molar-refractivity contribution in [1.29, 1.82) is 0 Å². The van der Waals surface area contributed by atoms with Crippen LogP contribution in [0.2, 0.25) is 0 Å². The van der Waals surface area contributed by atoms with E-state index >= 15 is 0 Å². The summed E-state index contributed by atoms with van der Waals surface area (Å²) in [4.78, 5) is 26.9. The van der Waals surface area contributed by atoms with E-state index < -0.39 is 18.1 Å². The average Bonchev–Trinajstić information content (AvgIpc) is 2.76. The van der Waals surface area contributed by atoms with Crippen molar-refractivity contribution < 1.29 is 14.3 Å². The molecule has 2 atom stereocenters. The van der Waals surface area contributed by atoms with Gasteiger partial charge in [0.1, 0.15) is 17.1 Å². The Morgan fingerprint density at radius 1 is 1.14 bits per heavy atom. The molecule has 0 saturated carbocycles. The van der Waals surface area contributed by atoms with Crippen LogP contribution in [0.1, 0.15) is 17.2 Å². The molecule has 144 valence electrons. The number of hydrogen-bond donors (Lipinski definition) is 1. The summed E-state index contributed by atoms with van der Waals surface area (Å²) >= 11 is 7.58. The van der Waals surface area contributed by atoms with Crippen LogP contribution in [0.15, 0.2) is 71.9 Å². The number of esters is 1. The number of benzene rings is 2. The maximum absolute atomic E-state index is 13.2. The fraction of sp³-hybridized carbons (Fsp3) is 0.238. The highest BCUT2D eigenvalue weighted by Gasteiger charge is 2.52. The first-order chi connectivity index (χ1) is 13.6. The van der Waals surface area contributed by atoms with Gasteiger partial charge in [0.05, 0.1) is 0 Å². The van der Waals surface area contributed by atoms with Crippen LogP contribution < -0.4 is 5.73 Å². The molecule has 0 bridgehead atoms. The van der Waals surface area contributed by atoms with E-state index in [1.54, 1.807) is 0 Å². The van der Waals surface area contributed by atoms with Crippen molar-refractivity contribution in [3.8, 4) is 0 Å². The van der Waals surface area contributed by atoms with E-state index in [0.29, 0.717) is 11.3 Å². The van der Waals surface area contributed by atoms with Crippen molar-refractivity contribution in [3.05, 3.63) is 83.1 Å². The number of carbonyl (C=O) groups is 2. The van der Waals surface area contributed by atoms with Crippen LogP contribution >= 0.6 is 23.4 Å². The number of halogens is 1. The summed E-state index contributed by atoms with van der Waals surface area (Å²) in [6.07, 6.45) is -0.586. The molecule has 1 fully saturated rings. The van der Waals surface area contributed by atoms with Gasteiger partial charge in [-0.3, -0.25) is 9.69 Å². The molecular weight excluding hydrogens is 396 g/mol. The lowest BCUT2D eigenvalue weighted by Crippen LogP contribution is -2.68. The molecule has 2 aliphatic rings. The minimum absolute atomic E-state index is 0.157. The number of alkyl halides is 1. The molecular formula is C21H19ClN2O3S. The smallest absolute Gasteiger partial charge is 0.356 e. The molecule has 1 amide bonds. The number of carbonyl (C=O) groups excluding carboxylic acids is 2. The Hall–Kier alpha value is -2.28. The third-order valence-corrected chi connectivity index (χ3v) is 6.56. The summed E-state index contributed by atoms with van der Waals surface area (Å²) in [5.74, 6) is -0.122. The SMILES string of the molecule is N[C@H]1C(=O)N2C(C(=O)OC(c3ccccc3)c3ccccc3)=C(CCl)CS[C@@H]12. The van der Waals surface area contributed by atoms with E-state index in [0.717, 1.165) is 11.1 Å². The number of thioether (sulfide) groups is 1. The van der Waals surface area contributed by atoms with Crippen LogP contribution in [0, 0.1) is 0 Å². The second-order valence-corrected chi connectivity index (χ2v) is 8.00. The van der Waals surface area contributed by atoms with E-state index in [-0.39, 0.29) is 22.9 Å². The van der Waals surface area contributed by atoms with Gasteiger partial charge in [0.2, 0.25) is 5.91 Å². The molecule has 0 radical (unpaired) electrons. The van der Waals surface area contributed by atoms with Crippen molar-refractivity contribution in [1.82, 2.24) is 4.90 Å². The summed E-state index contributed by atoms with van der Waals surface area (Å²) in [6.45, 7) is 0. The van der Waals surface area contributed by atoms with Crippen molar-refractivity contribution in [3.63, 3.8) is 0 Å². The van der Waals surface area contributed by atoms with Gasteiger partial charge in [-0.2, -0.15) is 0 Å². The van der Waals surface area contributed by atoms with Gasteiger partial charge in [-0.05, 0) is 16.7 Å². The molecule has 0 unspecified atom stereocenters. The molecule has 7 heteroatoms. The zero-order valence-corrected chi connectivity index (χ0v) is 16.5. The lowest BCUT2D eigenvalue weighted by atomic mass is 10.0. The van der Waals surface area contributed by atoms with Crippen LogP contribution in [0.3, 0.4) is 0 Å². The fourth-order valence-corrected chi connectivity index (χ4v) is 5.04. The molecule has 0 aromatic heterocycles. The van der Waals surface area contributed by atoms with Gasteiger partial charge in [0.15, 0.2) is 6.10 Å². The van der Waals surface area contributed by atoms with E-state index in [1.165, 1.54) is 16.7 Å². The molecule has 2 aromatic carbocycles. The summed E-state index contributed by atoms with van der Waals surface area (Å²) in [7, 11) is 0. The number of hydrogen-bond acceptors (Lipinski definition) is 5. The minimum Gasteiger partial charge on any atom is -0.448 e. The van der Waals surface area contributed by atoms with Crippen LogP contribution in [-0.2, 0) is 14.3 Å². The summed E-state index contributed by atoms with van der Waals surface area (Å²) in [6, 6.07) is 18.4. The Bertz CT molecular complexity index is 880. The van der Waals surface area contributed by atoms with E-state index in [4.69, 9.17) is 22.1 Å². The van der Waals surface area contributed by atoms with E-state index in [1.807, 2.05) is 60.7 Å². The summed E-state index contributed by atoms with van der Waals surface area (Å²) in [5, 5.41) is -0.242. The van der Waals surface area contributed by atoms with Gasteiger partial charge in [-0.15, -0.1) is 23.4 Å². The van der Waals surface area contributed by atoms with Crippen LogP contribution in [0.4, 0.5) is 0 Å². The molecule has 5 nitrogen and oxygen atoms in total. The number of rotatable bonds is 5. The zero-order chi connectivity index (χ0) is 19.7. The number of ether oxygens (including phenoxy) is 1. The number of fused-ring (bicyclic) bond motifs is 1. The molecule has 0 spiro atoms. The first-order valence-electron chi connectivity index (χ1n) is 8.91. The van der Waals surface area contributed by atoms with Crippen molar-refractivity contribution >= 4 is 35.2 Å². The first-order valence-corrected chi connectivity index (χ1v) is 10.5. The van der Waals surface area contributed by atoms with Crippen LogP contribution in [-0.4, -0.2) is 39.8 Å². The minimum atomic E-state index is -0.594. The van der Waals surface area contributed by atoms with Gasteiger partial charge in [-0.25, -0.2) is 4.79 Å². The van der Waals surface area contributed by atoms with Crippen molar-refractivity contribution in [2.45, 2.75) is 17.5 Å². The largest absolute Gasteiger partial charge is 0.448 e. The molecule has 28 heavy (non-hydrogen) atoms. The first kappa shape index (κ1) is 19.1. The van der Waals surface area contributed by atoms with Gasteiger partial charge in [-0.1, -0.05) is 60.7 Å². The molecule has 2 aromatic rings. The number of nitrogens with two attached hydrogens (primary N) is 1. The van der Waals surface area contributed by atoms with Gasteiger partial charge < -0.3 is 10.5 Å². The Labute approximate surface area is 172 Å². The lowest BCUT2D eigenvalue weighted by molar-refractivity contribution is -0.153. The second-order valence-electron chi connectivity index (χ2n) is 6.63. The van der Waals surface area contributed by atoms with E-state index in [2.05, 4.69) is 0 Å². The highest BCUT2D eigenvalue weighted by atomic mass is 35.5. The average molecular weight is 415 g/mol. The standard InChI is InChI=1S/C21H19ClN2O3S/c22-11-15-12-28-20-16(23)19(25)24(20)17(15)21(26)27-18(13-7-3-1-4-8-13)14-9-5-2-6-10-14/h1-10,16,18,20H,11-12,23H2/t16-,20-/m0/s1. The van der Waals surface area contributed by atoms with Crippen molar-refractivity contribution in [2.24, 2.45) is 5.73 Å². The Morgan fingerprint density at radius 3 is 2.25 bits per heavy atom. The molecule has 1 saturated heterocycles. The number of nitrogens with zero attached hydrogens (tertiary/aromatic N) is 1. The summed E-state index contributed by atoms with van der Waals surface area (Å²) < 4.78 is 5.93. The van der Waals surface area contributed by atoms with Crippen LogP contribution in [0.25, 0.3) is 0 Å². The Morgan fingerprint density at radius 2 is 1.71 bits per heavy atom. The van der Waals surface area contributed by atoms with E-state index in [9.17, 15) is 9.59 Å². The highest BCUT2D eigenvalue weighted by molar-refractivity contribution is 8.00. The topological polar surface area (TPSA) is 72.6 Å². The van der Waals surface area contributed by atoms with Gasteiger partial charge >= 0.3 is 5.97 Å². The summed E-state index contributed by atoms with van der Waals surface area (Å²) in [5.41, 5.74) is 8.52. The maximum atomic E-state index is 13.2. The third kappa shape index (κ3) is 3.32. The number of amides is 1. The predicted octanol–water partition coefficient (Wildman–Crippen LogP) is 3.05.